The molecule has 3 heteroatoms. The van der Waals surface area contributed by atoms with E-state index in [1.165, 1.54) is 19.3 Å². The van der Waals surface area contributed by atoms with E-state index in [4.69, 9.17) is 5.26 Å². The molecule has 0 spiro atoms. The van der Waals surface area contributed by atoms with Gasteiger partial charge in [-0.3, -0.25) is 0 Å². The van der Waals surface area contributed by atoms with Crippen LogP contribution in [-0.2, 0) is 0 Å². The largest absolute Gasteiger partial charge is 0.313 e. The van der Waals surface area contributed by atoms with Crippen molar-refractivity contribution in [2.24, 2.45) is 5.92 Å². The lowest BCUT2D eigenvalue weighted by molar-refractivity contribution is 0.493. The highest BCUT2D eigenvalue weighted by Gasteiger charge is 2.23. The van der Waals surface area contributed by atoms with Crippen molar-refractivity contribution >= 4 is 11.8 Å². The molecule has 0 radical (unpaired) electrons. The second-order valence-electron chi connectivity index (χ2n) is 3.81. The minimum atomic E-state index is 0.147. The first kappa shape index (κ1) is 10.9. The quantitative estimate of drug-likeness (QED) is 0.750. The molecule has 1 fully saturated rings. The minimum Gasteiger partial charge on any atom is -0.313 e. The number of nitrogens with one attached hydrogen (secondary N) is 1. The van der Waals surface area contributed by atoms with Gasteiger partial charge in [-0.25, -0.2) is 0 Å². The van der Waals surface area contributed by atoms with E-state index in [0.717, 1.165) is 11.8 Å². The van der Waals surface area contributed by atoms with E-state index in [9.17, 15) is 0 Å². The number of hydrogen-bond acceptors (Lipinski definition) is 3. The van der Waals surface area contributed by atoms with E-state index in [1.807, 2.05) is 18.7 Å². The van der Waals surface area contributed by atoms with Gasteiger partial charge in [-0.15, -0.1) is 0 Å². The Morgan fingerprint density at radius 1 is 1.62 bits per heavy atom. The standard InChI is InChI=1S/C10H18N2S/c1-8(6-11)7-12-9-3-4-10(5-9)13-2/h8-10,12H,3-5,7H2,1-2H3. The molecule has 3 unspecified atom stereocenters. The molecule has 1 aliphatic carbocycles. The van der Waals surface area contributed by atoms with Gasteiger partial charge in [0.15, 0.2) is 0 Å². The summed E-state index contributed by atoms with van der Waals surface area (Å²) in [6.45, 7) is 2.82. The van der Waals surface area contributed by atoms with E-state index in [2.05, 4.69) is 17.6 Å². The summed E-state index contributed by atoms with van der Waals surface area (Å²) in [7, 11) is 0. The predicted molar refractivity (Wildman–Crippen MR) is 57.7 cm³/mol. The Kier molecular flexibility index (Phi) is 4.61. The Hall–Kier alpha value is -0.200. The van der Waals surface area contributed by atoms with Crippen molar-refractivity contribution in [3.63, 3.8) is 0 Å². The molecule has 1 rings (SSSR count). The Balaban J connectivity index is 2.14. The number of nitrogens with zero attached hydrogens (tertiary/aromatic N) is 1. The van der Waals surface area contributed by atoms with Crippen LogP contribution in [0.2, 0.25) is 0 Å². The molecule has 0 amide bonds. The lowest BCUT2D eigenvalue weighted by Gasteiger charge is -2.13. The highest BCUT2D eigenvalue weighted by molar-refractivity contribution is 7.99. The Labute approximate surface area is 85.1 Å². The van der Waals surface area contributed by atoms with Gasteiger partial charge in [0, 0.05) is 17.8 Å². The molecule has 0 aromatic heterocycles. The molecule has 0 aromatic carbocycles. The van der Waals surface area contributed by atoms with Gasteiger partial charge in [0.2, 0.25) is 0 Å². The van der Waals surface area contributed by atoms with Gasteiger partial charge in [-0.05, 0) is 32.4 Å². The van der Waals surface area contributed by atoms with E-state index >= 15 is 0 Å². The van der Waals surface area contributed by atoms with Crippen LogP contribution in [0.4, 0.5) is 0 Å². The van der Waals surface area contributed by atoms with Crippen LogP contribution < -0.4 is 5.32 Å². The van der Waals surface area contributed by atoms with Crippen molar-refractivity contribution < 1.29 is 0 Å². The minimum absolute atomic E-state index is 0.147. The van der Waals surface area contributed by atoms with Gasteiger partial charge < -0.3 is 5.32 Å². The SMILES string of the molecule is CSC1CCC(NCC(C)C#N)C1. The van der Waals surface area contributed by atoms with Crippen LogP contribution in [0.15, 0.2) is 0 Å². The van der Waals surface area contributed by atoms with Gasteiger partial charge in [-0.2, -0.15) is 17.0 Å². The first-order chi connectivity index (χ1) is 6.26. The molecular weight excluding hydrogens is 180 g/mol. The molecule has 1 saturated carbocycles. The lowest BCUT2D eigenvalue weighted by atomic mass is 10.2. The lowest BCUT2D eigenvalue weighted by Crippen LogP contribution is -2.30. The average molecular weight is 198 g/mol. The van der Waals surface area contributed by atoms with Crippen LogP contribution in [-0.4, -0.2) is 24.1 Å². The van der Waals surface area contributed by atoms with E-state index in [-0.39, 0.29) is 5.92 Å². The molecule has 0 aliphatic heterocycles. The molecule has 2 nitrogen and oxygen atoms in total. The molecule has 1 N–H and O–H groups in total. The Morgan fingerprint density at radius 3 is 2.92 bits per heavy atom. The number of nitriles is 1. The molecule has 0 bridgehead atoms. The maximum atomic E-state index is 8.61. The second kappa shape index (κ2) is 5.51. The summed E-state index contributed by atoms with van der Waals surface area (Å²) < 4.78 is 0. The highest BCUT2D eigenvalue weighted by Crippen LogP contribution is 2.28. The van der Waals surface area contributed by atoms with Crippen LogP contribution in [0.1, 0.15) is 26.2 Å². The number of hydrogen-bond donors (Lipinski definition) is 1. The van der Waals surface area contributed by atoms with Crippen molar-refractivity contribution in [2.45, 2.75) is 37.5 Å². The summed E-state index contributed by atoms with van der Waals surface area (Å²) in [4.78, 5) is 0. The van der Waals surface area contributed by atoms with Gasteiger partial charge >= 0.3 is 0 Å². The normalized spacial score (nSPS) is 29.9. The summed E-state index contributed by atoms with van der Waals surface area (Å²) >= 11 is 1.97. The summed E-state index contributed by atoms with van der Waals surface area (Å²) in [6, 6.07) is 2.91. The zero-order chi connectivity index (χ0) is 9.68. The van der Waals surface area contributed by atoms with Crippen molar-refractivity contribution in [3.05, 3.63) is 0 Å². The molecule has 74 valence electrons. The third-order valence-electron chi connectivity index (χ3n) is 2.65. The summed E-state index contributed by atoms with van der Waals surface area (Å²) in [5.41, 5.74) is 0. The van der Waals surface area contributed by atoms with Gasteiger partial charge in [0.25, 0.3) is 0 Å². The van der Waals surface area contributed by atoms with Gasteiger partial charge in [-0.1, -0.05) is 0 Å². The van der Waals surface area contributed by atoms with E-state index in [0.29, 0.717) is 6.04 Å². The second-order valence-corrected chi connectivity index (χ2v) is 4.94. The number of rotatable bonds is 4. The van der Waals surface area contributed by atoms with Crippen molar-refractivity contribution in [2.75, 3.05) is 12.8 Å². The fourth-order valence-electron chi connectivity index (χ4n) is 1.73. The topological polar surface area (TPSA) is 35.8 Å². The Bertz CT molecular complexity index is 188. The van der Waals surface area contributed by atoms with Crippen LogP contribution in [0, 0.1) is 17.2 Å². The van der Waals surface area contributed by atoms with Gasteiger partial charge in [0.05, 0.1) is 12.0 Å². The van der Waals surface area contributed by atoms with E-state index < -0.39 is 0 Å². The molecule has 13 heavy (non-hydrogen) atoms. The third-order valence-corrected chi connectivity index (χ3v) is 3.75. The van der Waals surface area contributed by atoms with Crippen LogP contribution in [0.5, 0.6) is 0 Å². The predicted octanol–water partition coefficient (Wildman–Crippen LogP) is 2.02. The molecule has 0 aromatic rings. The first-order valence-corrected chi connectivity index (χ1v) is 6.20. The number of thioether (sulfide) groups is 1. The van der Waals surface area contributed by atoms with Crippen LogP contribution in [0.3, 0.4) is 0 Å². The van der Waals surface area contributed by atoms with E-state index in [1.54, 1.807) is 0 Å². The highest BCUT2D eigenvalue weighted by atomic mass is 32.2. The molecule has 1 aliphatic rings. The summed E-state index contributed by atoms with van der Waals surface area (Å²) in [5.74, 6) is 0.147. The fraction of sp³-hybridized carbons (Fsp3) is 0.900. The van der Waals surface area contributed by atoms with Crippen molar-refractivity contribution in [1.82, 2.24) is 5.32 Å². The smallest absolute Gasteiger partial charge is 0.0666 e. The molecule has 0 saturated heterocycles. The van der Waals surface area contributed by atoms with Crippen LogP contribution in [0.25, 0.3) is 0 Å². The molecular formula is C10H18N2S. The van der Waals surface area contributed by atoms with Gasteiger partial charge in [0.1, 0.15) is 0 Å². The zero-order valence-corrected chi connectivity index (χ0v) is 9.23. The zero-order valence-electron chi connectivity index (χ0n) is 8.42. The van der Waals surface area contributed by atoms with Crippen molar-refractivity contribution in [1.29, 1.82) is 5.26 Å². The summed E-state index contributed by atoms with van der Waals surface area (Å²) in [5, 5.41) is 12.9. The Morgan fingerprint density at radius 2 is 2.38 bits per heavy atom. The monoisotopic (exact) mass is 198 g/mol. The summed E-state index contributed by atoms with van der Waals surface area (Å²) in [6.07, 6.45) is 6.08. The maximum Gasteiger partial charge on any atom is 0.0666 e. The maximum absolute atomic E-state index is 8.61. The fourth-order valence-corrected chi connectivity index (χ4v) is 2.53. The van der Waals surface area contributed by atoms with Crippen LogP contribution >= 0.6 is 11.8 Å². The molecule has 0 heterocycles. The third kappa shape index (κ3) is 3.58. The first-order valence-electron chi connectivity index (χ1n) is 4.92. The average Bonchev–Trinajstić information content (AvgIpc) is 2.61. The van der Waals surface area contributed by atoms with Crippen molar-refractivity contribution in [3.8, 4) is 6.07 Å². The molecule has 3 atom stereocenters.